The summed E-state index contributed by atoms with van der Waals surface area (Å²) in [6.07, 6.45) is 0. The lowest BCUT2D eigenvalue weighted by Gasteiger charge is -2.45. The van der Waals surface area contributed by atoms with Crippen LogP contribution in [0.4, 0.5) is 17.1 Å². The lowest BCUT2D eigenvalue weighted by Crippen LogP contribution is -2.55. The Morgan fingerprint density at radius 3 is 1.42 bits per heavy atom. The second kappa shape index (κ2) is 8.75. The first-order chi connectivity index (χ1) is 15.3. The van der Waals surface area contributed by atoms with Gasteiger partial charge in [0.05, 0.1) is 20.0 Å². The van der Waals surface area contributed by atoms with Gasteiger partial charge in [0, 0.05) is 22.1 Å². The Bertz CT molecular complexity index is 1090. The molecule has 154 valence electrons. The van der Waals surface area contributed by atoms with Gasteiger partial charge in [0.1, 0.15) is 0 Å². The summed E-state index contributed by atoms with van der Waals surface area (Å²) < 4.78 is 0. The second-order valence-corrected chi connectivity index (χ2v) is 8.22. The molecule has 1 fully saturated rings. The minimum Gasteiger partial charge on any atom is -0.336 e. The quantitative estimate of drug-likeness (QED) is 0.359. The summed E-state index contributed by atoms with van der Waals surface area (Å²) in [6, 6.07) is 37.9. The fourth-order valence-corrected chi connectivity index (χ4v) is 4.30. The Morgan fingerprint density at radius 2 is 0.903 bits per heavy atom. The van der Waals surface area contributed by atoms with Crippen LogP contribution in [0, 0.1) is 0 Å². The third kappa shape index (κ3) is 4.37. The zero-order valence-electron chi connectivity index (χ0n) is 17.2. The van der Waals surface area contributed by atoms with Crippen molar-refractivity contribution in [3.05, 3.63) is 114 Å². The highest BCUT2D eigenvalue weighted by molar-refractivity contribution is 6.31. The topological polar surface area (TPSA) is 9.72 Å². The smallest absolute Gasteiger partial charge is 0.0937 e. The van der Waals surface area contributed by atoms with E-state index in [1.54, 1.807) is 0 Å². The average molecular weight is 426 g/mol. The summed E-state index contributed by atoms with van der Waals surface area (Å²) in [4.78, 5) is 7.15. The van der Waals surface area contributed by atoms with Gasteiger partial charge in [-0.1, -0.05) is 78.3 Å². The van der Waals surface area contributed by atoms with Gasteiger partial charge in [-0.3, -0.25) is 0 Å². The van der Waals surface area contributed by atoms with Crippen molar-refractivity contribution >= 4 is 28.7 Å². The Kier molecular flexibility index (Phi) is 5.51. The maximum absolute atomic E-state index is 6.57. The molecule has 4 aromatic rings. The van der Waals surface area contributed by atoms with Crippen molar-refractivity contribution in [1.29, 1.82) is 0 Å². The van der Waals surface area contributed by atoms with Crippen molar-refractivity contribution in [3.63, 3.8) is 0 Å². The highest BCUT2D eigenvalue weighted by Gasteiger charge is 2.24. The first-order valence-electron chi connectivity index (χ1n) is 10.5. The van der Waals surface area contributed by atoms with E-state index in [2.05, 4.69) is 112 Å². The number of benzene rings is 4. The number of halogens is 1. The molecule has 1 saturated heterocycles. The molecule has 0 aliphatic carbocycles. The Morgan fingerprint density at radius 1 is 0.452 bits per heavy atom. The number of nitrogens with zero attached hydrogens (tertiary/aromatic N) is 3. The average Bonchev–Trinajstić information content (AvgIpc) is 2.85. The van der Waals surface area contributed by atoms with E-state index in [0.717, 1.165) is 36.3 Å². The molecule has 0 radical (unpaired) electrons. The zero-order chi connectivity index (χ0) is 21.0. The SMILES string of the molecule is Clc1cc(-c2ccccc2)cc(N2CN(c3ccccc3)CN(c3ccccc3)C2)c1. The lowest BCUT2D eigenvalue weighted by molar-refractivity contribution is 0.611. The molecular weight excluding hydrogens is 402 g/mol. The van der Waals surface area contributed by atoms with Gasteiger partial charge in [-0.25, -0.2) is 0 Å². The summed E-state index contributed by atoms with van der Waals surface area (Å²) in [5, 5.41) is 0.749. The molecule has 0 aromatic heterocycles. The van der Waals surface area contributed by atoms with Crippen LogP contribution in [0.2, 0.25) is 5.02 Å². The monoisotopic (exact) mass is 425 g/mol. The minimum atomic E-state index is 0.749. The molecule has 0 unspecified atom stereocenters. The van der Waals surface area contributed by atoms with Crippen molar-refractivity contribution < 1.29 is 0 Å². The van der Waals surface area contributed by atoms with E-state index in [0.29, 0.717) is 0 Å². The molecule has 1 aliphatic rings. The maximum Gasteiger partial charge on any atom is 0.0937 e. The molecule has 4 aromatic carbocycles. The summed E-state index contributed by atoms with van der Waals surface area (Å²) in [5.74, 6) is 0. The van der Waals surface area contributed by atoms with Crippen LogP contribution in [0.15, 0.2) is 109 Å². The third-order valence-electron chi connectivity index (χ3n) is 5.62. The van der Waals surface area contributed by atoms with Crippen molar-refractivity contribution in [2.75, 3.05) is 34.7 Å². The van der Waals surface area contributed by atoms with Crippen molar-refractivity contribution in [2.45, 2.75) is 0 Å². The number of rotatable bonds is 4. The lowest BCUT2D eigenvalue weighted by atomic mass is 10.0. The largest absolute Gasteiger partial charge is 0.336 e. The van der Waals surface area contributed by atoms with Gasteiger partial charge in [-0.15, -0.1) is 0 Å². The molecule has 31 heavy (non-hydrogen) atoms. The van der Waals surface area contributed by atoms with Crippen LogP contribution in [0.3, 0.4) is 0 Å². The number of anilines is 3. The molecule has 0 N–H and O–H groups in total. The van der Waals surface area contributed by atoms with Crippen molar-refractivity contribution in [1.82, 2.24) is 0 Å². The molecule has 0 bridgehead atoms. The molecule has 0 atom stereocenters. The number of hydrogen-bond acceptors (Lipinski definition) is 3. The Labute approximate surface area is 188 Å². The van der Waals surface area contributed by atoms with Crippen LogP contribution in [-0.2, 0) is 0 Å². The first kappa shape index (κ1) is 19.5. The van der Waals surface area contributed by atoms with Crippen LogP contribution in [-0.4, -0.2) is 20.0 Å². The minimum absolute atomic E-state index is 0.749. The predicted octanol–water partition coefficient (Wildman–Crippen LogP) is 6.71. The fraction of sp³-hybridized carbons (Fsp3) is 0.111. The number of hydrogen-bond donors (Lipinski definition) is 0. The summed E-state index contributed by atoms with van der Waals surface area (Å²) in [6.45, 7) is 2.42. The molecule has 1 aliphatic heterocycles. The van der Waals surface area contributed by atoms with Gasteiger partial charge in [0.2, 0.25) is 0 Å². The summed E-state index contributed by atoms with van der Waals surface area (Å²) >= 11 is 6.57. The predicted molar refractivity (Wildman–Crippen MR) is 132 cm³/mol. The molecule has 5 rings (SSSR count). The van der Waals surface area contributed by atoms with E-state index < -0.39 is 0 Å². The van der Waals surface area contributed by atoms with Gasteiger partial charge in [0.15, 0.2) is 0 Å². The molecule has 0 saturated carbocycles. The van der Waals surface area contributed by atoms with Crippen molar-refractivity contribution in [3.8, 4) is 11.1 Å². The molecule has 0 amide bonds. The van der Waals surface area contributed by atoms with E-state index in [4.69, 9.17) is 11.6 Å². The Balaban J connectivity index is 1.52. The van der Waals surface area contributed by atoms with Gasteiger partial charge in [-0.05, 0) is 53.6 Å². The Hall–Kier alpha value is -3.43. The van der Waals surface area contributed by atoms with Crippen LogP contribution >= 0.6 is 11.6 Å². The van der Waals surface area contributed by atoms with E-state index in [1.807, 2.05) is 12.1 Å². The van der Waals surface area contributed by atoms with E-state index in [-0.39, 0.29) is 0 Å². The van der Waals surface area contributed by atoms with E-state index >= 15 is 0 Å². The fourth-order valence-electron chi connectivity index (χ4n) is 4.07. The molecule has 1 heterocycles. The zero-order valence-corrected chi connectivity index (χ0v) is 18.0. The standard InChI is InChI=1S/C27H24ClN3/c28-24-16-23(22-10-4-1-5-11-22)17-27(18-24)31-20-29(25-12-6-2-7-13-25)19-30(21-31)26-14-8-3-9-15-26/h1-18H,19-21H2. The molecule has 0 spiro atoms. The van der Waals surface area contributed by atoms with Crippen LogP contribution < -0.4 is 14.7 Å². The molecule has 3 nitrogen and oxygen atoms in total. The van der Waals surface area contributed by atoms with Gasteiger partial charge >= 0.3 is 0 Å². The van der Waals surface area contributed by atoms with Crippen LogP contribution in [0.5, 0.6) is 0 Å². The highest BCUT2D eigenvalue weighted by Crippen LogP contribution is 2.32. The van der Waals surface area contributed by atoms with Crippen LogP contribution in [0.25, 0.3) is 11.1 Å². The highest BCUT2D eigenvalue weighted by atomic mass is 35.5. The van der Waals surface area contributed by atoms with Crippen LogP contribution in [0.1, 0.15) is 0 Å². The van der Waals surface area contributed by atoms with Gasteiger partial charge < -0.3 is 14.7 Å². The molecule has 4 heteroatoms. The molecular formula is C27H24ClN3. The third-order valence-corrected chi connectivity index (χ3v) is 5.84. The van der Waals surface area contributed by atoms with Gasteiger partial charge in [0.25, 0.3) is 0 Å². The van der Waals surface area contributed by atoms with Gasteiger partial charge in [-0.2, -0.15) is 0 Å². The summed E-state index contributed by atoms with van der Waals surface area (Å²) in [7, 11) is 0. The van der Waals surface area contributed by atoms with E-state index in [9.17, 15) is 0 Å². The number of para-hydroxylation sites is 2. The van der Waals surface area contributed by atoms with Crippen molar-refractivity contribution in [2.24, 2.45) is 0 Å². The first-order valence-corrected chi connectivity index (χ1v) is 10.8. The normalized spacial score (nSPS) is 14.0. The maximum atomic E-state index is 6.57. The summed E-state index contributed by atoms with van der Waals surface area (Å²) in [5.41, 5.74) is 5.83. The van der Waals surface area contributed by atoms with E-state index in [1.165, 1.54) is 16.9 Å². The second-order valence-electron chi connectivity index (χ2n) is 7.78.